The molecule has 0 saturated carbocycles. The first kappa shape index (κ1) is 14.4. The molecule has 1 fully saturated rings. The third-order valence-corrected chi connectivity index (χ3v) is 4.23. The second-order valence-electron chi connectivity index (χ2n) is 6.10. The van der Waals surface area contributed by atoms with E-state index in [-0.39, 0.29) is 0 Å². The maximum absolute atomic E-state index is 3.62. The normalized spacial score (nSPS) is 19.7. The summed E-state index contributed by atoms with van der Waals surface area (Å²) in [7, 11) is 2.20. The smallest absolute Gasteiger partial charge is 0.0363 e. The summed E-state index contributed by atoms with van der Waals surface area (Å²) < 4.78 is 0. The molecule has 0 aromatic heterocycles. The number of piperidine rings is 1. The third kappa shape index (κ3) is 4.24. The molecule has 1 aromatic carbocycles. The molecule has 1 heterocycles. The molecule has 1 saturated heterocycles. The van der Waals surface area contributed by atoms with Gasteiger partial charge in [-0.25, -0.2) is 0 Å². The maximum Gasteiger partial charge on any atom is 0.0363 e. The number of hydrogen-bond donors (Lipinski definition) is 1. The number of benzene rings is 1. The first-order valence-corrected chi connectivity index (χ1v) is 7.71. The average molecular weight is 260 g/mol. The molecule has 0 aliphatic carbocycles. The Morgan fingerprint density at radius 2 is 1.95 bits per heavy atom. The van der Waals surface area contributed by atoms with Crippen LogP contribution in [0.5, 0.6) is 0 Å². The third-order valence-electron chi connectivity index (χ3n) is 4.23. The Labute approximate surface area is 118 Å². The molecule has 1 aliphatic heterocycles. The van der Waals surface area contributed by atoms with Crippen LogP contribution in [0.4, 0.5) is 5.69 Å². The summed E-state index contributed by atoms with van der Waals surface area (Å²) in [5.41, 5.74) is 2.76. The minimum Gasteiger partial charge on any atom is -0.375 e. The molecule has 1 unspecified atom stereocenters. The molecule has 106 valence electrons. The van der Waals surface area contributed by atoms with E-state index >= 15 is 0 Å². The van der Waals surface area contributed by atoms with E-state index in [1.54, 1.807) is 0 Å². The molecule has 2 nitrogen and oxygen atoms in total. The summed E-state index contributed by atoms with van der Waals surface area (Å²) >= 11 is 0. The quantitative estimate of drug-likeness (QED) is 0.867. The lowest BCUT2D eigenvalue weighted by Crippen LogP contribution is -2.36. The van der Waals surface area contributed by atoms with Crippen molar-refractivity contribution in [1.82, 2.24) is 5.32 Å². The molecule has 1 atom stereocenters. The fraction of sp³-hybridized carbons (Fsp3) is 0.647. The lowest BCUT2D eigenvalue weighted by molar-refractivity contribution is 0.384. The van der Waals surface area contributed by atoms with Gasteiger partial charge in [0.15, 0.2) is 0 Å². The van der Waals surface area contributed by atoms with E-state index in [2.05, 4.69) is 55.4 Å². The number of anilines is 1. The number of nitrogens with one attached hydrogen (secondary N) is 1. The summed E-state index contributed by atoms with van der Waals surface area (Å²) in [5.74, 6) is 0.616. The van der Waals surface area contributed by atoms with Gasteiger partial charge in [-0.3, -0.25) is 0 Å². The van der Waals surface area contributed by atoms with Crippen LogP contribution in [-0.2, 0) is 0 Å². The summed E-state index contributed by atoms with van der Waals surface area (Å²) in [6, 6.07) is 9.75. The molecule has 0 spiro atoms. The van der Waals surface area contributed by atoms with E-state index in [4.69, 9.17) is 0 Å². The Hall–Kier alpha value is -1.02. The van der Waals surface area contributed by atoms with E-state index in [0.29, 0.717) is 5.92 Å². The average Bonchev–Trinajstić information content (AvgIpc) is 2.46. The molecule has 1 N–H and O–H groups in total. The Balaban J connectivity index is 1.83. The second kappa shape index (κ2) is 6.95. The van der Waals surface area contributed by atoms with Gasteiger partial charge in [-0.1, -0.05) is 32.4 Å². The van der Waals surface area contributed by atoms with Gasteiger partial charge in [-0.05, 0) is 49.4 Å². The van der Waals surface area contributed by atoms with Crippen molar-refractivity contribution in [2.45, 2.75) is 51.5 Å². The van der Waals surface area contributed by atoms with Gasteiger partial charge in [-0.15, -0.1) is 0 Å². The molecule has 2 heteroatoms. The predicted octanol–water partition coefficient (Wildman–Crippen LogP) is 3.78. The molecule has 0 amide bonds. The van der Waals surface area contributed by atoms with Crippen LogP contribution in [0.3, 0.4) is 0 Å². The lowest BCUT2D eigenvalue weighted by Gasteiger charge is -2.27. The highest BCUT2D eigenvalue weighted by Crippen LogP contribution is 2.20. The van der Waals surface area contributed by atoms with Crippen molar-refractivity contribution >= 4 is 5.69 Å². The zero-order valence-corrected chi connectivity index (χ0v) is 12.7. The minimum absolute atomic E-state index is 0.616. The van der Waals surface area contributed by atoms with Crippen LogP contribution in [-0.4, -0.2) is 26.2 Å². The van der Waals surface area contributed by atoms with Crippen LogP contribution in [0.25, 0.3) is 0 Å². The number of rotatable bonds is 5. The lowest BCUT2D eigenvalue weighted by atomic mass is 10.0. The van der Waals surface area contributed by atoms with E-state index in [9.17, 15) is 0 Å². The molecular formula is C17H28N2. The zero-order chi connectivity index (χ0) is 13.7. The van der Waals surface area contributed by atoms with Crippen LogP contribution in [0.2, 0.25) is 0 Å². The summed E-state index contributed by atoms with van der Waals surface area (Å²) in [6.07, 6.45) is 5.34. The van der Waals surface area contributed by atoms with Gasteiger partial charge in [0.25, 0.3) is 0 Å². The van der Waals surface area contributed by atoms with Crippen LogP contribution in [0, 0.1) is 0 Å². The monoisotopic (exact) mass is 260 g/mol. The largest absolute Gasteiger partial charge is 0.375 e. The van der Waals surface area contributed by atoms with Gasteiger partial charge < -0.3 is 10.2 Å². The van der Waals surface area contributed by atoms with Crippen molar-refractivity contribution in [2.75, 3.05) is 25.0 Å². The van der Waals surface area contributed by atoms with Crippen LogP contribution in [0.15, 0.2) is 24.3 Å². The molecular weight excluding hydrogens is 232 g/mol. The Bertz CT molecular complexity index is 363. The number of nitrogens with zero attached hydrogens (tertiary/aromatic N) is 1. The highest BCUT2D eigenvalue weighted by atomic mass is 15.1. The first-order valence-electron chi connectivity index (χ1n) is 7.71. The summed E-state index contributed by atoms with van der Waals surface area (Å²) in [6.45, 7) is 6.83. The summed E-state index contributed by atoms with van der Waals surface area (Å²) in [4.78, 5) is 2.38. The highest BCUT2D eigenvalue weighted by Gasteiger charge is 2.13. The van der Waals surface area contributed by atoms with E-state index in [0.717, 1.165) is 12.6 Å². The van der Waals surface area contributed by atoms with Gasteiger partial charge in [0, 0.05) is 25.3 Å². The molecule has 19 heavy (non-hydrogen) atoms. The second-order valence-corrected chi connectivity index (χ2v) is 6.10. The van der Waals surface area contributed by atoms with Crippen molar-refractivity contribution in [2.24, 2.45) is 0 Å². The molecule has 1 aromatic rings. The Morgan fingerprint density at radius 1 is 1.21 bits per heavy atom. The van der Waals surface area contributed by atoms with Crippen molar-refractivity contribution in [3.05, 3.63) is 29.8 Å². The van der Waals surface area contributed by atoms with E-state index in [1.807, 2.05) is 0 Å². The predicted molar refractivity (Wildman–Crippen MR) is 84.1 cm³/mol. The maximum atomic E-state index is 3.62. The van der Waals surface area contributed by atoms with E-state index < -0.39 is 0 Å². The Kier molecular flexibility index (Phi) is 5.26. The van der Waals surface area contributed by atoms with E-state index in [1.165, 1.54) is 43.5 Å². The fourth-order valence-corrected chi connectivity index (χ4v) is 2.76. The van der Waals surface area contributed by atoms with Crippen molar-refractivity contribution in [3.8, 4) is 0 Å². The van der Waals surface area contributed by atoms with Crippen molar-refractivity contribution < 1.29 is 0 Å². The SMILES string of the molecule is CC(C)c1ccc(N(C)CCC2CCCCN2)cc1. The molecule has 0 radical (unpaired) electrons. The topological polar surface area (TPSA) is 15.3 Å². The standard InChI is InChI=1S/C17H28N2/c1-14(2)15-7-9-17(10-8-15)19(3)13-11-16-6-4-5-12-18-16/h7-10,14,16,18H,4-6,11-13H2,1-3H3. The van der Waals surface area contributed by atoms with Crippen LogP contribution < -0.4 is 10.2 Å². The van der Waals surface area contributed by atoms with Gasteiger partial charge in [-0.2, -0.15) is 0 Å². The zero-order valence-electron chi connectivity index (χ0n) is 12.7. The van der Waals surface area contributed by atoms with Crippen molar-refractivity contribution in [1.29, 1.82) is 0 Å². The number of hydrogen-bond acceptors (Lipinski definition) is 2. The molecule has 2 rings (SSSR count). The minimum atomic E-state index is 0.616. The fourth-order valence-electron chi connectivity index (χ4n) is 2.76. The van der Waals surface area contributed by atoms with Gasteiger partial charge in [0.1, 0.15) is 0 Å². The highest BCUT2D eigenvalue weighted by molar-refractivity contribution is 5.47. The van der Waals surface area contributed by atoms with Gasteiger partial charge in [0.05, 0.1) is 0 Å². The molecule has 0 bridgehead atoms. The van der Waals surface area contributed by atoms with Gasteiger partial charge in [0.2, 0.25) is 0 Å². The summed E-state index contributed by atoms with van der Waals surface area (Å²) in [5, 5.41) is 3.62. The molecule has 1 aliphatic rings. The van der Waals surface area contributed by atoms with Crippen LogP contribution in [0.1, 0.15) is 51.0 Å². The van der Waals surface area contributed by atoms with Gasteiger partial charge >= 0.3 is 0 Å². The Morgan fingerprint density at radius 3 is 2.53 bits per heavy atom. The van der Waals surface area contributed by atoms with Crippen molar-refractivity contribution in [3.63, 3.8) is 0 Å². The van der Waals surface area contributed by atoms with Crippen LogP contribution >= 0.6 is 0 Å². The first-order chi connectivity index (χ1) is 9.16.